The lowest BCUT2D eigenvalue weighted by atomic mass is 9.73. The summed E-state index contributed by atoms with van der Waals surface area (Å²) in [5.74, 6) is 2.08. The van der Waals surface area contributed by atoms with Gasteiger partial charge in [-0.05, 0) is 80.1 Å². The Bertz CT molecular complexity index is 781. The monoisotopic (exact) mass is 365 g/mol. The molecule has 144 valence electrons. The quantitative estimate of drug-likeness (QED) is 0.804. The molecule has 0 heterocycles. The number of methoxy groups -OCH3 is 1. The van der Waals surface area contributed by atoms with E-state index in [1.807, 2.05) is 18.2 Å². The molecule has 2 aromatic carbocycles. The topological polar surface area (TPSA) is 32.7 Å². The van der Waals surface area contributed by atoms with Crippen LogP contribution in [0.2, 0.25) is 0 Å². The van der Waals surface area contributed by atoms with Gasteiger partial charge >= 0.3 is 0 Å². The van der Waals surface area contributed by atoms with Crippen LogP contribution in [0.5, 0.6) is 5.75 Å². The van der Waals surface area contributed by atoms with Gasteiger partial charge in [-0.3, -0.25) is 0 Å². The maximum absolute atomic E-state index is 9.39. The molecule has 3 rings (SSSR count). The summed E-state index contributed by atoms with van der Waals surface area (Å²) in [5, 5.41) is 9.39. The first-order valence-electron chi connectivity index (χ1n) is 9.77. The molecule has 0 radical (unpaired) electrons. The van der Waals surface area contributed by atoms with Crippen molar-refractivity contribution in [1.82, 2.24) is 4.90 Å². The van der Waals surface area contributed by atoms with E-state index in [2.05, 4.69) is 55.4 Å². The highest BCUT2D eigenvalue weighted by molar-refractivity contribution is 5.54. The van der Waals surface area contributed by atoms with Crippen molar-refractivity contribution in [2.45, 2.75) is 31.8 Å². The largest absolute Gasteiger partial charge is 0.497 e. The van der Waals surface area contributed by atoms with Crippen molar-refractivity contribution in [1.29, 1.82) is 0 Å². The highest BCUT2D eigenvalue weighted by Gasteiger charge is 2.29. The molecule has 0 saturated heterocycles. The molecule has 1 aliphatic rings. The maximum atomic E-state index is 9.39. The number of aliphatic hydroxyl groups is 1. The lowest BCUT2D eigenvalue weighted by Gasteiger charge is -2.35. The van der Waals surface area contributed by atoms with Crippen molar-refractivity contribution in [3.8, 4) is 5.75 Å². The van der Waals surface area contributed by atoms with Crippen LogP contribution in [-0.4, -0.2) is 37.8 Å². The van der Waals surface area contributed by atoms with Crippen LogP contribution in [-0.2, 0) is 6.61 Å². The van der Waals surface area contributed by atoms with E-state index in [0.29, 0.717) is 11.8 Å². The SMILES string of the molecule is COc1cccc([C@@H]2CC(=Cc3cccc(CO)c3)CC[C@H]2CN(C)C)c1. The second-order valence-electron chi connectivity index (χ2n) is 7.85. The molecule has 1 aliphatic carbocycles. The molecule has 1 N–H and O–H groups in total. The summed E-state index contributed by atoms with van der Waals surface area (Å²) < 4.78 is 5.46. The predicted molar refractivity (Wildman–Crippen MR) is 112 cm³/mol. The number of hydrogen-bond acceptors (Lipinski definition) is 3. The Balaban J connectivity index is 1.87. The maximum Gasteiger partial charge on any atom is 0.119 e. The molecule has 0 unspecified atom stereocenters. The fourth-order valence-electron chi connectivity index (χ4n) is 4.22. The van der Waals surface area contributed by atoms with Gasteiger partial charge in [0, 0.05) is 6.54 Å². The smallest absolute Gasteiger partial charge is 0.119 e. The number of aliphatic hydroxyl groups excluding tert-OH is 1. The molecular weight excluding hydrogens is 334 g/mol. The van der Waals surface area contributed by atoms with E-state index in [1.54, 1.807) is 7.11 Å². The fraction of sp³-hybridized carbons (Fsp3) is 0.417. The van der Waals surface area contributed by atoms with Gasteiger partial charge in [0.15, 0.2) is 0 Å². The zero-order valence-electron chi connectivity index (χ0n) is 16.7. The van der Waals surface area contributed by atoms with Crippen LogP contribution in [0.15, 0.2) is 54.1 Å². The number of allylic oxidation sites excluding steroid dienone is 1. The predicted octanol–water partition coefficient (Wildman–Crippen LogP) is 4.72. The highest BCUT2D eigenvalue weighted by Crippen LogP contribution is 2.42. The summed E-state index contributed by atoms with van der Waals surface area (Å²) in [6.07, 6.45) is 5.74. The minimum Gasteiger partial charge on any atom is -0.497 e. The zero-order valence-corrected chi connectivity index (χ0v) is 16.7. The van der Waals surface area contributed by atoms with E-state index >= 15 is 0 Å². The van der Waals surface area contributed by atoms with Gasteiger partial charge in [0.1, 0.15) is 5.75 Å². The molecule has 1 saturated carbocycles. The van der Waals surface area contributed by atoms with Gasteiger partial charge in [-0.15, -0.1) is 0 Å². The minimum atomic E-state index is 0.0916. The van der Waals surface area contributed by atoms with E-state index in [0.717, 1.165) is 30.7 Å². The standard InChI is InChI=1S/C24H31NO2/c1-25(2)16-22-11-10-19(12-18-6-4-7-20(13-18)17-26)14-24(22)21-8-5-9-23(15-21)27-3/h4-9,12-13,15,22,24,26H,10-11,14,16-17H2,1-3H3/t22-,24-/m0/s1. The third-order valence-electron chi connectivity index (χ3n) is 5.51. The number of benzene rings is 2. The molecule has 0 amide bonds. The molecule has 0 aliphatic heterocycles. The highest BCUT2D eigenvalue weighted by atomic mass is 16.5. The Morgan fingerprint density at radius 2 is 1.96 bits per heavy atom. The number of hydrogen-bond donors (Lipinski definition) is 1. The number of ether oxygens (including phenoxy) is 1. The average Bonchev–Trinajstić information content (AvgIpc) is 2.69. The second kappa shape index (κ2) is 9.20. The van der Waals surface area contributed by atoms with Gasteiger partial charge < -0.3 is 14.7 Å². The first kappa shape index (κ1) is 19.7. The molecule has 3 nitrogen and oxygen atoms in total. The summed E-state index contributed by atoms with van der Waals surface area (Å²) in [4.78, 5) is 2.30. The molecule has 0 bridgehead atoms. The summed E-state index contributed by atoms with van der Waals surface area (Å²) in [7, 11) is 6.06. The lowest BCUT2D eigenvalue weighted by Crippen LogP contribution is -2.29. The number of nitrogens with zero attached hydrogens (tertiary/aromatic N) is 1. The van der Waals surface area contributed by atoms with E-state index in [4.69, 9.17) is 4.74 Å². The lowest BCUT2D eigenvalue weighted by molar-refractivity contribution is 0.256. The first-order chi connectivity index (χ1) is 13.1. The van der Waals surface area contributed by atoms with Crippen LogP contribution >= 0.6 is 0 Å². The first-order valence-corrected chi connectivity index (χ1v) is 9.77. The molecular formula is C24H31NO2. The van der Waals surface area contributed by atoms with Crippen molar-refractivity contribution < 1.29 is 9.84 Å². The van der Waals surface area contributed by atoms with Crippen LogP contribution in [0.25, 0.3) is 6.08 Å². The number of rotatable bonds is 6. The van der Waals surface area contributed by atoms with E-state index in [1.165, 1.54) is 23.1 Å². The Morgan fingerprint density at radius 3 is 2.70 bits per heavy atom. The van der Waals surface area contributed by atoms with Crippen molar-refractivity contribution in [3.63, 3.8) is 0 Å². The van der Waals surface area contributed by atoms with E-state index in [-0.39, 0.29) is 6.61 Å². The van der Waals surface area contributed by atoms with Gasteiger partial charge in [0.05, 0.1) is 13.7 Å². The van der Waals surface area contributed by atoms with Crippen LogP contribution in [0.1, 0.15) is 41.9 Å². The van der Waals surface area contributed by atoms with Crippen molar-refractivity contribution >= 4 is 6.08 Å². The third-order valence-corrected chi connectivity index (χ3v) is 5.51. The Kier molecular flexibility index (Phi) is 6.70. The Labute approximate surface area is 163 Å². The van der Waals surface area contributed by atoms with Crippen LogP contribution in [0.4, 0.5) is 0 Å². The minimum absolute atomic E-state index is 0.0916. The zero-order chi connectivity index (χ0) is 19.2. The van der Waals surface area contributed by atoms with Crippen LogP contribution < -0.4 is 4.74 Å². The summed E-state index contributed by atoms with van der Waals surface area (Å²) in [6.45, 7) is 1.20. The normalized spacial score (nSPS) is 21.6. The Hall–Kier alpha value is -2.10. The van der Waals surface area contributed by atoms with Crippen molar-refractivity contribution in [2.24, 2.45) is 5.92 Å². The van der Waals surface area contributed by atoms with Crippen LogP contribution in [0.3, 0.4) is 0 Å². The van der Waals surface area contributed by atoms with Gasteiger partial charge in [0.25, 0.3) is 0 Å². The van der Waals surface area contributed by atoms with E-state index < -0.39 is 0 Å². The summed E-state index contributed by atoms with van der Waals surface area (Å²) in [6, 6.07) is 16.8. The van der Waals surface area contributed by atoms with Gasteiger partial charge in [0.2, 0.25) is 0 Å². The molecule has 0 aromatic heterocycles. The van der Waals surface area contributed by atoms with Gasteiger partial charge in [-0.25, -0.2) is 0 Å². The van der Waals surface area contributed by atoms with E-state index in [9.17, 15) is 5.11 Å². The molecule has 2 atom stereocenters. The van der Waals surface area contributed by atoms with Gasteiger partial charge in [-0.2, -0.15) is 0 Å². The van der Waals surface area contributed by atoms with Crippen molar-refractivity contribution in [2.75, 3.05) is 27.7 Å². The molecule has 0 spiro atoms. The summed E-state index contributed by atoms with van der Waals surface area (Å²) >= 11 is 0. The molecule has 27 heavy (non-hydrogen) atoms. The fourth-order valence-corrected chi connectivity index (χ4v) is 4.22. The second-order valence-corrected chi connectivity index (χ2v) is 7.85. The molecule has 2 aromatic rings. The van der Waals surface area contributed by atoms with Crippen LogP contribution in [0, 0.1) is 5.92 Å². The summed E-state index contributed by atoms with van der Waals surface area (Å²) in [5.41, 5.74) is 5.02. The third kappa shape index (κ3) is 5.21. The molecule has 1 fully saturated rings. The average molecular weight is 366 g/mol. The molecule has 3 heteroatoms. The Morgan fingerprint density at radius 1 is 1.15 bits per heavy atom. The van der Waals surface area contributed by atoms with Gasteiger partial charge in [-0.1, -0.05) is 42.0 Å². The van der Waals surface area contributed by atoms with Crippen molar-refractivity contribution in [3.05, 3.63) is 70.8 Å².